The number of rotatable bonds is 5. The molecule has 0 aliphatic rings. The summed E-state index contributed by atoms with van der Waals surface area (Å²) in [6, 6.07) is 12.7. The van der Waals surface area contributed by atoms with E-state index in [4.69, 9.17) is 0 Å². The van der Waals surface area contributed by atoms with Gasteiger partial charge >= 0.3 is 0 Å². The first kappa shape index (κ1) is 13.3. The molecule has 1 aromatic rings. The molecule has 0 saturated carbocycles. The van der Waals surface area contributed by atoms with Crippen molar-refractivity contribution in [3.05, 3.63) is 35.9 Å². The molecule has 0 amide bonds. The Morgan fingerprint density at radius 3 is 2.38 bits per heavy atom. The summed E-state index contributed by atoms with van der Waals surface area (Å²) in [4.78, 5) is 0. The molecule has 1 aromatic carbocycles. The SMILES string of the molecule is CC(C)[C@@](C#N)(CCCBr)c1ccccc1. The molecule has 1 atom stereocenters. The molecule has 0 fully saturated rings. The van der Waals surface area contributed by atoms with Gasteiger partial charge in [-0.2, -0.15) is 5.26 Å². The Balaban J connectivity index is 3.09. The maximum absolute atomic E-state index is 9.56. The number of hydrogen-bond acceptors (Lipinski definition) is 1. The van der Waals surface area contributed by atoms with Crippen molar-refractivity contribution >= 4 is 15.9 Å². The van der Waals surface area contributed by atoms with E-state index in [1.54, 1.807) is 0 Å². The Hall–Kier alpha value is -0.810. The van der Waals surface area contributed by atoms with Crippen LogP contribution in [0.3, 0.4) is 0 Å². The number of nitrogens with zero attached hydrogens (tertiary/aromatic N) is 1. The first-order chi connectivity index (χ1) is 7.67. The predicted molar refractivity (Wildman–Crippen MR) is 71.6 cm³/mol. The van der Waals surface area contributed by atoms with Gasteiger partial charge in [-0.15, -0.1) is 0 Å². The molecule has 0 spiro atoms. The van der Waals surface area contributed by atoms with Crippen LogP contribution in [-0.2, 0) is 5.41 Å². The monoisotopic (exact) mass is 279 g/mol. The first-order valence-electron chi connectivity index (χ1n) is 5.70. The second kappa shape index (κ2) is 6.06. The molecule has 0 aliphatic carbocycles. The minimum Gasteiger partial charge on any atom is -0.197 e. The molecule has 0 saturated heterocycles. The lowest BCUT2D eigenvalue weighted by Crippen LogP contribution is -2.30. The molecule has 0 radical (unpaired) electrons. The lowest BCUT2D eigenvalue weighted by atomic mass is 9.70. The van der Waals surface area contributed by atoms with Gasteiger partial charge in [-0.05, 0) is 24.3 Å². The molecular weight excluding hydrogens is 262 g/mol. The van der Waals surface area contributed by atoms with E-state index in [-0.39, 0.29) is 5.41 Å². The van der Waals surface area contributed by atoms with E-state index < -0.39 is 0 Å². The second-order valence-corrected chi connectivity index (χ2v) is 5.19. The standard InChI is InChI=1S/C14H18BrN/c1-12(2)14(11-16,9-6-10-15)13-7-4-3-5-8-13/h3-5,7-8,12H,6,9-10H2,1-2H3/t14-/m0/s1. The van der Waals surface area contributed by atoms with Crippen molar-refractivity contribution in [3.63, 3.8) is 0 Å². The van der Waals surface area contributed by atoms with Gasteiger partial charge in [0.2, 0.25) is 0 Å². The third-order valence-electron chi connectivity index (χ3n) is 3.18. The van der Waals surface area contributed by atoms with Crippen molar-refractivity contribution in [3.8, 4) is 6.07 Å². The number of halogens is 1. The fraction of sp³-hybridized carbons (Fsp3) is 0.500. The van der Waals surface area contributed by atoms with Crippen molar-refractivity contribution < 1.29 is 0 Å². The molecule has 0 heterocycles. The number of alkyl halides is 1. The minimum absolute atomic E-state index is 0.332. The molecule has 16 heavy (non-hydrogen) atoms. The topological polar surface area (TPSA) is 23.8 Å². The summed E-state index contributed by atoms with van der Waals surface area (Å²) in [6.45, 7) is 4.26. The van der Waals surface area contributed by atoms with Gasteiger partial charge in [0.15, 0.2) is 0 Å². The highest BCUT2D eigenvalue weighted by Gasteiger charge is 2.34. The van der Waals surface area contributed by atoms with Gasteiger partial charge in [-0.3, -0.25) is 0 Å². The number of hydrogen-bond donors (Lipinski definition) is 0. The molecule has 0 aromatic heterocycles. The average Bonchev–Trinajstić information content (AvgIpc) is 2.31. The molecule has 2 heteroatoms. The van der Waals surface area contributed by atoms with Gasteiger partial charge in [0.05, 0.1) is 11.5 Å². The van der Waals surface area contributed by atoms with Crippen LogP contribution in [0.2, 0.25) is 0 Å². The summed E-state index contributed by atoms with van der Waals surface area (Å²) in [5, 5.41) is 10.5. The summed E-state index contributed by atoms with van der Waals surface area (Å²) < 4.78 is 0. The Kier molecular flexibility index (Phi) is 5.02. The van der Waals surface area contributed by atoms with Gasteiger partial charge in [-0.1, -0.05) is 60.1 Å². The molecule has 1 rings (SSSR count). The van der Waals surface area contributed by atoms with Crippen LogP contribution in [0.4, 0.5) is 0 Å². The van der Waals surface area contributed by atoms with Gasteiger partial charge in [-0.25, -0.2) is 0 Å². The van der Waals surface area contributed by atoms with Crippen molar-refractivity contribution in [1.82, 2.24) is 0 Å². The van der Waals surface area contributed by atoms with E-state index in [1.807, 2.05) is 18.2 Å². The van der Waals surface area contributed by atoms with Crippen molar-refractivity contribution in [2.75, 3.05) is 5.33 Å². The molecule has 0 bridgehead atoms. The Morgan fingerprint density at radius 2 is 1.94 bits per heavy atom. The number of nitriles is 1. The zero-order chi connectivity index (χ0) is 12.0. The Labute approximate surface area is 107 Å². The summed E-state index contributed by atoms with van der Waals surface area (Å²) in [5.41, 5.74) is 0.808. The van der Waals surface area contributed by atoms with Crippen LogP contribution < -0.4 is 0 Å². The van der Waals surface area contributed by atoms with Crippen LogP contribution in [0, 0.1) is 17.2 Å². The lowest BCUT2D eigenvalue weighted by molar-refractivity contribution is 0.366. The molecule has 0 N–H and O–H groups in total. The van der Waals surface area contributed by atoms with Crippen molar-refractivity contribution in [1.29, 1.82) is 5.26 Å². The maximum atomic E-state index is 9.56. The van der Waals surface area contributed by atoms with E-state index in [0.29, 0.717) is 5.92 Å². The van der Waals surface area contributed by atoms with Crippen LogP contribution in [0.15, 0.2) is 30.3 Å². The van der Waals surface area contributed by atoms with E-state index in [1.165, 1.54) is 0 Å². The van der Waals surface area contributed by atoms with Gasteiger partial charge in [0.1, 0.15) is 0 Å². The average molecular weight is 280 g/mol. The smallest absolute Gasteiger partial charge is 0.0845 e. The second-order valence-electron chi connectivity index (χ2n) is 4.40. The highest BCUT2D eigenvalue weighted by Crippen LogP contribution is 2.36. The zero-order valence-corrected chi connectivity index (χ0v) is 11.5. The summed E-state index contributed by atoms with van der Waals surface area (Å²) in [5.74, 6) is 0.332. The van der Waals surface area contributed by atoms with E-state index in [9.17, 15) is 5.26 Å². The van der Waals surface area contributed by atoms with Crippen LogP contribution in [0.25, 0.3) is 0 Å². The number of benzene rings is 1. The van der Waals surface area contributed by atoms with E-state index >= 15 is 0 Å². The van der Waals surface area contributed by atoms with Gasteiger partial charge in [0, 0.05) is 5.33 Å². The summed E-state index contributed by atoms with van der Waals surface area (Å²) >= 11 is 3.44. The highest BCUT2D eigenvalue weighted by atomic mass is 79.9. The van der Waals surface area contributed by atoms with E-state index in [2.05, 4.69) is 48.0 Å². The van der Waals surface area contributed by atoms with Crippen molar-refractivity contribution in [2.24, 2.45) is 5.92 Å². The Morgan fingerprint density at radius 1 is 1.31 bits per heavy atom. The molecule has 0 aliphatic heterocycles. The maximum Gasteiger partial charge on any atom is 0.0845 e. The van der Waals surface area contributed by atoms with Crippen LogP contribution >= 0.6 is 15.9 Å². The Bertz CT molecular complexity index is 353. The van der Waals surface area contributed by atoms with Crippen LogP contribution in [0.1, 0.15) is 32.3 Å². The fourth-order valence-electron chi connectivity index (χ4n) is 2.10. The predicted octanol–water partition coefficient (Wildman–Crippen LogP) is 4.28. The van der Waals surface area contributed by atoms with Crippen LogP contribution in [-0.4, -0.2) is 5.33 Å². The zero-order valence-electron chi connectivity index (χ0n) is 9.91. The normalized spacial score (nSPS) is 14.4. The third-order valence-corrected chi connectivity index (χ3v) is 3.74. The highest BCUT2D eigenvalue weighted by molar-refractivity contribution is 9.09. The molecular formula is C14H18BrN. The van der Waals surface area contributed by atoms with Gasteiger partial charge < -0.3 is 0 Å². The first-order valence-corrected chi connectivity index (χ1v) is 6.82. The van der Waals surface area contributed by atoms with Crippen molar-refractivity contribution in [2.45, 2.75) is 32.1 Å². The fourth-order valence-corrected chi connectivity index (χ4v) is 2.38. The third kappa shape index (κ3) is 2.65. The summed E-state index contributed by atoms with van der Waals surface area (Å²) in [6.07, 6.45) is 1.94. The van der Waals surface area contributed by atoms with Gasteiger partial charge in [0.25, 0.3) is 0 Å². The largest absolute Gasteiger partial charge is 0.197 e. The lowest BCUT2D eigenvalue weighted by Gasteiger charge is -2.31. The summed E-state index contributed by atoms with van der Waals surface area (Å²) in [7, 11) is 0. The van der Waals surface area contributed by atoms with Crippen LogP contribution in [0.5, 0.6) is 0 Å². The molecule has 86 valence electrons. The van der Waals surface area contributed by atoms with E-state index in [0.717, 1.165) is 23.7 Å². The quantitative estimate of drug-likeness (QED) is 0.738. The molecule has 0 unspecified atom stereocenters. The minimum atomic E-state index is -0.338. The molecule has 1 nitrogen and oxygen atoms in total.